The number of nitrogens with one attached hydrogen (secondary N) is 2. The van der Waals surface area contributed by atoms with Gasteiger partial charge in [0.2, 0.25) is 0 Å². The molecule has 196 valence electrons. The van der Waals surface area contributed by atoms with Crippen LogP contribution in [0, 0.1) is 5.92 Å². The maximum atomic E-state index is 13.4. The number of carbonyl (C=O) groups excluding carboxylic acids is 2. The van der Waals surface area contributed by atoms with Crippen LogP contribution in [0.2, 0.25) is 0 Å². The van der Waals surface area contributed by atoms with Gasteiger partial charge in [0, 0.05) is 75.6 Å². The summed E-state index contributed by atoms with van der Waals surface area (Å²) in [6, 6.07) is 4.81. The summed E-state index contributed by atoms with van der Waals surface area (Å²) in [6.07, 6.45) is 5.01. The van der Waals surface area contributed by atoms with Crippen LogP contribution in [-0.4, -0.2) is 83.7 Å². The Hall–Kier alpha value is -3.24. The number of carbonyl (C=O) groups is 2. The molecule has 3 rings (SSSR count). The van der Waals surface area contributed by atoms with Crippen LogP contribution in [0.3, 0.4) is 0 Å². The summed E-state index contributed by atoms with van der Waals surface area (Å²) >= 11 is 0. The second-order valence-electron chi connectivity index (χ2n) is 9.74. The standard InChI is InChI=1S/C26H38N6O4/c1-17(2)29-26(34)30-21-7-8-22-23(9-21)36-15-19(4)32(13-20-10-27-16-28-11-20)12-18(3)24(35-6)14-31(5)25(22)33/h7-11,16-19,24H,12-15H2,1-6H3,(H2,29,30,34)/t18-,19-,24-/m0/s1. The van der Waals surface area contributed by atoms with Crippen molar-refractivity contribution in [2.24, 2.45) is 5.92 Å². The van der Waals surface area contributed by atoms with E-state index in [1.165, 1.54) is 6.33 Å². The quantitative estimate of drug-likeness (QED) is 0.652. The SMILES string of the molecule is CO[C@H]1CN(C)C(=O)c2ccc(NC(=O)NC(C)C)cc2OC[C@H](C)N(Cc2cncnc2)C[C@@H]1C. The molecular formula is C26H38N6O4. The molecule has 0 spiro atoms. The number of aromatic nitrogens is 2. The van der Waals surface area contributed by atoms with Crippen LogP contribution >= 0.6 is 0 Å². The normalized spacial score (nSPS) is 21.7. The van der Waals surface area contributed by atoms with E-state index in [4.69, 9.17) is 9.47 Å². The second kappa shape index (κ2) is 12.6. The molecule has 0 radical (unpaired) electrons. The second-order valence-corrected chi connectivity index (χ2v) is 9.74. The van der Waals surface area contributed by atoms with Crippen LogP contribution < -0.4 is 15.4 Å². The Morgan fingerprint density at radius 1 is 1.22 bits per heavy atom. The lowest BCUT2D eigenvalue weighted by Crippen LogP contribution is -2.46. The molecule has 0 unspecified atom stereocenters. The number of anilines is 1. The summed E-state index contributed by atoms with van der Waals surface area (Å²) in [6.45, 7) is 10.2. The van der Waals surface area contributed by atoms with Gasteiger partial charge in [-0.3, -0.25) is 9.69 Å². The molecule has 10 heteroatoms. The molecule has 0 aliphatic carbocycles. The van der Waals surface area contributed by atoms with E-state index in [0.717, 1.165) is 12.1 Å². The molecule has 0 saturated heterocycles. The molecule has 0 saturated carbocycles. The van der Waals surface area contributed by atoms with Gasteiger partial charge >= 0.3 is 6.03 Å². The van der Waals surface area contributed by atoms with E-state index in [0.29, 0.717) is 36.7 Å². The molecule has 10 nitrogen and oxygen atoms in total. The Kier molecular flexibility index (Phi) is 9.60. The summed E-state index contributed by atoms with van der Waals surface area (Å²) in [5, 5.41) is 5.61. The number of nitrogens with zero attached hydrogens (tertiary/aromatic N) is 4. The molecular weight excluding hydrogens is 460 g/mol. The summed E-state index contributed by atoms with van der Waals surface area (Å²) in [7, 11) is 3.45. The Balaban J connectivity index is 1.91. The zero-order chi connectivity index (χ0) is 26.2. The zero-order valence-corrected chi connectivity index (χ0v) is 22.0. The number of rotatable bonds is 5. The van der Waals surface area contributed by atoms with Crippen LogP contribution in [0.4, 0.5) is 10.5 Å². The highest BCUT2D eigenvalue weighted by Gasteiger charge is 2.28. The summed E-state index contributed by atoms with van der Waals surface area (Å²) in [5.74, 6) is 0.415. The minimum Gasteiger partial charge on any atom is -0.491 e. The van der Waals surface area contributed by atoms with Gasteiger partial charge in [-0.05, 0) is 38.8 Å². The lowest BCUT2D eigenvalue weighted by atomic mass is 10.0. The molecule has 1 aliphatic heterocycles. The van der Waals surface area contributed by atoms with Crippen LogP contribution in [0.15, 0.2) is 36.9 Å². The third-order valence-corrected chi connectivity index (χ3v) is 6.25. The number of methoxy groups -OCH3 is 1. The van der Waals surface area contributed by atoms with Crippen molar-refractivity contribution >= 4 is 17.6 Å². The van der Waals surface area contributed by atoms with Gasteiger partial charge in [0.05, 0.1) is 11.7 Å². The molecule has 1 aromatic heterocycles. The van der Waals surface area contributed by atoms with E-state index in [-0.39, 0.29) is 36.0 Å². The Bertz CT molecular complexity index is 1020. The topological polar surface area (TPSA) is 109 Å². The first-order valence-electron chi connectivity index (χ1n) is 12.3. The van der Waals surface area contributed by atoms with Crippen molar-refractivity contribution in [1.82, 2.24) is 25.1 Å². The van der Waals surface area contributed by atoms with Gasteiger partial charge in [-0.25, -0.2) is 14.8 Å². The first kappa shape index (κ1) is 27.3. The fourth-order valence-corrected chi connectivity index (χ4v) is 4.22. The lowest BCUT2D eigenvalue weighted by Gasteiger charge is -2.36. The van der Waals surface area contributed by atoms with Crippen molar-refractivity contribution < 1.29 is 19.1 Å². The van der Waals surface area contributed by atoms with E-state index in [1.54, 1.807) is 37.3 Å². The molecule has 1 aliphatic rings. The average Bonchev–Trinajstić information content (AvgIpc) is 2.84. The van der Waals surface area contributed by atoms with Gasteiger partial charge in [0.15, 0.2) is 0 Å². The van der Waals surface area contributed by atoms with Gasteiger partial charge in [-0.15, -0.1) is 0 Å². The first-order valence-corrected chi connectivity index (χ1v) is 12.3. The number of likely N-dealkylation sites (N-methyl/N-ethyl adjacent to an activating group) is 1. The number of urea groups is 1. The van der Waals surface area contributed by atoms with Crippen LogP contribution in [0.1, 0.15) is 43.6 Å². The summed E-state index contributed by atoms with van der Waals surface area (Å²) in [4.78, 5) is 37.8. The van der Waals surface area contributed by atoms with E-state index >= 15 is 0 Å². The van der Waals surface area contributed by atoms with Crippen LogP contribution in [0.5, 0.6) is 5.75 Å². The van der Waals surface area contributed by atoms with Gasteiger partial charge in [0.1, 0.15) is 18.7 Å². The third kappa shape index (κ3) is 7.38. The highest BCUT2D eigenvalue weighted by molar-refractivity contribution is 5.98. The molecule has 0 fully saturated rings. The maximum absolute atomic E-state index is 13.4. The first-order chi connectivity index (χ1) is 17.2. The number of ether oxygens (including phenoxy) is 2. The number of hydrogen-bond acceptors (Lipinski definition) is 7. The van der Waals surface area contributed by atoms with Crippen LogP contribution in [-0.2, 0) is 11.3 Å². The Morgan fingerprint density at radius 2 is 1.94 bits per heavy atom. The van der Waals surface area contributed by atoms with E-state index in [9.17, 15) is 9.59 Å². The van der Waals surface area contributed by atoms with Gasteiger partial charge in [0.25, 0.3) is 5.91 Å². The predicted molar refractivity (Wildman–Crippen MR) is 138 cm³/mol. The molecule has 2 heterocycles. The maximum Gasteiger partial charge on any atom is 0.319 e. The third-order valence-electron chi connectivity index (χ3n) is 6.25. The largest absolute Gasteiger partial charge is 0.491 e. The van der Waals surface area contributed by atoms with Gasteiger partial charge < -0.3 is 25.0 Å². The molecule has 2 aromatic rings. The lowest BCUT2D eigenvalue weighted by molar-refractivity contribution is 0.00918. The van der Waals surface area contributed by atoms with E-state index < -0.39 is 0 Å². The van der Waals surface area contributed by atoms with E-state index in [2.05, 4.69) is 39.3 Å². The fraction of sp³-hybridized carbons (Fsp3) is 0.538. The summed E-state index contributed by atoms with van der Waals surface area (Å²) < 4.78 is 12.0. The van der Waals surface area contributed by atoms with Crippen LogP contribution in [0.25, 0.3) is 0 Å². The Morgan fingerprint density at radius 3 is 2.61 bits per heavy atom. The van der Waals surface area contributed by atoms with Crippen molar-refractivity contribution in [2.75, 3.05) is 39.2 Å². The molecule has 0 bridgehead atoms. The van der Waals surface area contributed by atoms with E-state index in [1.807, 2.05) is 26.2 Å². The zero-order valence-electron chi connectivity index (χ0n) is 22.0. The molecule has 1 aromatic carbocycles. The number of amides is 3. The Labute approximate surface area is 213 Å². The van der Waals surface area contributed by atoms with Gasteiger partial charge in [-0.2, -0.15) is 0 Å². The highest BCUT2D eigenvalue weighted by Crippen LogP contribution is 2.27. The summed E-state index contributed by atoms with van der Waals surface area (Å²) in [5.41, 5.74) is 1.99. The average molecular weight is 499 g/mol. The van der Waals surface area contributed by atoms with Crippen molar-refractivity contribution in [3.63, 3.8) is 0 Å². The minimum atomic E-state index is -0.317. The van der Waals surface area contributed by atoms with Crippen molar-refractivity contribution in [3.8, 4) is 5.75 Å². The van der Waals surface area contributed by atoms with Crippen molar-refractivity contribution in [1.29, 1.82) is 0 Å². The van der Waals surface area contributed by atoms with Gasteiger partial charge in [-0.1, -0.05) is 6.92 Å². The highest BCUT2D eigenvalue weighted by atomic mass is 16.5. The van der Waals surface area contributed by atoms with Crippen molar-refractivity contribution in [2.45, 2.75) is 52.4 Å². The number of fused-ring (bicyclic) bond motifs is 1. The van der Waals surface area contributed by atoms with Crippen molar-refractivity contribution in [3.05, 3.63) is 48.0 Å². The molecule has 3 atom stereocenters. The number of benzene rings is 1. The monoisotopic (exact) mass is 498 g/mol. The molecule has 36 heavy (non-hydrogen) atoms. The molecule has 2 N–H and O–H groups in total. The number of hydrogen-bond donors (Lipinski definition) is 2. The molecule has 3 amide bonds. The predicted octanol–water partition coefficient (Wildman–Crippen LogP) is 3.01. The minimum absolute atomic E-state index is 0.00117. The smallest absolute Gasteiger partial charge is 0.319 e. The fourth-order valence-electron chi connectivity index (χ4n) is 4.22.